The zero-order valence-electron chi connectivity index (χ0n) is 13.2. The van der Waals surface area contributed by atoms with E-state index in [4.69, 9.17) is 6.57 Å². The lowest BCUT2D eigenvalue weighted by Gasteiger charge is -1.98. The summed E-state index contributed by atoms with van der Waals surface area (Å²) < 4.78 is 0. The average molecular weight is 379 g/mol. The summed E-state index contributed by atoms with van der Waals surface area (Å²) in [6, 6.07) is 3.78. The standard InChI is InChI=1S/C17H9N5S3/c1-8-6-20-16(23-8)14-10-4-11(19-3)12(5-18)22-13(10)15(25-14)17-21-7-9(2)24-17/h4,6-7H,1-2H3. The first-order valence-corrected chi connectivity index (χ1v) is 9.66. The zero-order valence-corrected chi connectivity index (χ0v) is 15.6. The molecule has 4 aromatic rings. The van der Waals surface area contributed by atoms with E-state index in [1.165, 1.54) is 0 Å². The molecular formula is C17H9N5S3. The van der Waals surface area contributed by atoms with E-state index in [1.54, 1.807) is 40.1 Å². The second kappa shape index (κ2) is 6.01. The molecule has 120 valence electrons. The Kier molecular flexibility index (Phi) is 3.81. The first kappa shape index (κ1) is 15.9. The van der Waals surface area contributed by atoms with Gasteiger partial charge in [-0.2, -0.15) is 5.26 Å². The summed E-state index contributed by atoms with van der Waals surface area (Å²) in [5.41, 5.74) is 1.13. The molecule has 0 aliphatic carbocycles. The van der Waals surface area contributed by atoms with Crippen molar-refractivity contribution in [3.8, 4) is 25.8 Å². The number of pyridine rings is 1. The Morgan fingerprint density at radius 1 is 1.04 bits per heavy atom. The highest BCUT2D eigenvalue weighted by atomic mass is 32.1. The third kappa shape index (κ3) is 2.61. The van der Waals surface area contributed by atoms with Crippen LogP contribution in [-0.4, -0.2) is 15.0 Å². The molecule has 0 spiro atoms. The van der Waals surface area contributed by atoms with Crippen LogP contribution in [0.15, 0.2) is 18.5 Å². The molecule has 0 unspecified atom stereocenters. The van der Waals surface area contributed by atoms with Crippen molar-refractivity contribution in [1.82, 2.24) is 15.0 Å². The van der Waals surface area contributed by atoms with Gasteiger partial charge in [0, 0.05) is 27.5 Å². The number of hydrogen-bond acceptors (Lipinski definition) is 7. The summed E-state index contributed by atoms with van der Waals surface area (Å²) in [7, 11) is 0. The van der Waals surface area contributed by atoms with E-state index >= 15 is 0 Å². The number of nitrogens with zero attached hydrogens (tertiary/aromatic N) is 5. The van der Waals surface area contributed by atoms with E-state index in [2.05, 4.69) is 19.8 Å². The Morgan fingerprint density at radius 2 is 1.68 bits per heavy atom. The van der Waals surface area contributed by atoms with Crippen molar-refractivity contribution >= 4 is 50.6 Å². The van der Waals surface area contributed by atoms with Gasteiger partial charge in [0.05, 0.1) is 21.8 Å². The van der Waals surface area contributed by atoms with Crippen molar-refractivity contribution in [3.63, 3.8) is 0 Å². The molecule has 8 heteroatoms. The molecule has 0 bridgehead atoms. The summed E-state index contributed by atoms with van der Waals surface area (Å²) in [4.78, 5) is 21.0. The summed E-state index contributed by atoms with van der Waals surface area (Å²) in [6.07, 6.45) is 3.67. The molecule has 0 radical (unpaired) electrons. The molecule has 0 aliphatic rings. The van der Waals surface area contributed by atoms with E-state index in [1.807, 2.05) is 32.3 Å². The third-order valence-corrected chi connectivity index (χ3v) is 6.85. The third-order valence-electron chi connectivity index (χ3n) is 3.52. The maximum absolute atomic E-state index is 9.33. The van der Waals surface area contributed by atoms with E-state index < -0.39 is 0 Å². The molecule has 0 aromatic carbocycles. The largest absolute Gasteiger partial charge is 0.247 e. The number of fused-ring (bicyclic) bond motifs is 1. The lowest BCUT2D eigenvalue weighted by Crippen LogP contribution is -1.85. The second-order valence-electron chi connectivity index (χ2n) is 5.29. The molecule has 0 fully saturated rings. The van der Waals surface area contributed by atoms with Crippen LogP contribution in [0.5, 0.6) is 0 Å². The molecule has 5 nitrogen and oxygen atoms in total. The minimum Gasteiger partial charge on any atom is -0.247 e. The van der Waals surface area contributed by atoms with Crippen LogP contribution in [0.25, 0.3) is 35.5 Å². The minimum absolute atomic E-state index is 0.150. The highest BCUT2D eigenvalue weighted by molar-refractivity contribution is 7.27. The van der Waals surface area contributed by atoms with E-state index in [0.717, 1.165) is 34.9 Å². The van der Waals surface area contributed by atoms with Crippen molar-refractivity contribution in [1.29, 1.82) is 5.26 Å². The minimum atomic E-state index is 0.150. The van der Waals surface area contributed by atoms with Crippen molar-refractivity contribution in [2.24, 2.45) is 0 Å². The molecule has 0 amide bonds. The van der Waals surface area contributed by atoms with Gasteiger partial charge >= 0.3 is 0 Å². The fraction of sp³-hybridized carbons (Fsp3) is 0.118. The molecule has 0 aliphatic heterocycles. The molecule has 0 saturated carbocycles. The number of thiophene rings is 1. The Labute approximate surface area is 155 Å². The molecule has 4 heterocycles. The van der Waals surface area contributed by atoms with Crippen molar-refractivity contribution in [2.75, 3.05) is 0 Å². The van der Waals surface area contributed by atoms with Crippen LogP contribution >= 0.6 is 34.0 Å². The van der Waals surface area contributed by atoms with Crippen molar-refractivity contribution in [3.05, 3.63) is 45.3 Å². The number of hydrogen-bond donors (Lipinski definition) is 0. The predicted octanol–water partition coefficient (Wildman–Crippen LogP) is 5.58. The quantitative estimate of drug-likeness (QED) is 0.426. The van der Waals surface area contributed by atoms with Gasteiger partial charge in [-0.1, -0.05) is 0 Å². The van der Waals surface area contributed by atoms with Crippen LogP contribution in [-0.2, 0) is 0 Å². The SMILES string of the molecule is [C-]#[N+]c1cc2c(-c3ncc(C)s3)sc(-c3ncc(C)s3)c2nc1C#N. The van der Waals surface area contributed by atoms with Crippen LogP contribution in [0.1, 0.15) is 15.4 Å². The molecule has 0 atom stereocenters. The molecule has 0 saturated heterocycles. The average Bonchev–Trinajstić information content (AvgIpc) is 3.31. The number of aryl methyl sites for hydroxylation is 2. The van der Waals surface area contributed by atoms with Crippen LogP contribution in [0, 0.1) is 31.8 Å². The highest BCUT2D eigenvalue weighted by Gasteiger charge is 2.21. The van der Waals surface area contributed by atoms with E-state index in [9.17, 15) is 5.26 Å². The maximum atomic E-state index is 9.33. The van der Waals surface area contributed by atoms with Gasteiger partial charge in [0.15, 0.2) is 0 Å². The fourth-order valence-electron chi connectivity index (χ4n) is 2.44. The normalized spacial score (nSPS) is 10.7. The lowest BCUT2D eigenvalue weighted by molar-refractivity contribution is 1.33. The van der Waals surface area contributed by atoms with Gasteiger partial charge in [-0.15, -0.1) is 34.0 Å². The molecule has 4 aromatic heterocycles. The lowest BCUT2D eigenvalue weighted by atomic mass is 10.2. The zero-order chi connectivity index (χ0) is 17.6. The highest BCUT2D eigenvalue weighted by Crippen LogP contribution is 2.46. The first-order chi connectivity index (χ1) is 12.1. The number of aromatic nitrogens is 3. The molecule has 4 rings (SSSR count). The maximum Gasteiger partial charge on any atom is 0.223 e. The van der Waals surface area contributed by atoms with Crippen LogP contribution in [0.4, 0.5) is 5.69 Å². The van der Waals surface area contributed by atoms with Gasteiger partial charge in [-0.25, -0.2) is 19.8 Å². The number of rotatable bonds is 2. The van der Waals surface area contributed by atoms with E-state index in [0.29, 0.717) is 5.52 Å². The topological polar surface area (TPSA) is 66.8 Å². The fourth-order valence-corrected chi connectivity index (χ4v) is 5.37. The summed E-state index contributed by atoms with van der Waals surface area (Å²) in [5.74, 6) is 0. The summed E-state index contributed by atoms with van der Waals surface area (Å²) in [6.45, 7) is 11.4. The summed E-state index contributed by atoms with van der Waals surface area (Å²) >= 11 is 4.76. The van der Waals surface area contributed by atoms with Gasteiger partial charge in [-0.3, -0.25) is 0 Å². The molecule has 0 N–H and O–H groups in total. The summed E-state index contributed by atoms with van der Waals surface area (Å²) in [5, 5.41) is 12.0. The second-order valence-corrected chi connectivity index (χ2v) is 8.78. The van der Waals surface area contributed by atoms with Crippen LogP contribution in [0.2, 0.25) is 0 Å². The van der Waals surface area contributed by atoms with Gasteiger partial charge in [-0.05, 0) is 19.9 Å². The van der Waals surface area contributed by atoms with Crippen molar-refractivity contribution in [2.45, 2.75) is 13.8 Å². The van der Waals surface area contributed by atoms with E-state index in [-0.39, 0.29) is 11.4 Å². The van der Waals surface area contributed by atoms with Gasteiger partial charge in [0.1, 0.15) is 21.8 Å². The van der Waals surface area contributed by atoms with Gasteiger partial charge in [0.2, 0.25) is 5.69 Å². The number of thiazole rings is 2. The Morgan fingerprint density at radius 3 is 2.20 bits per heavy atom. The Hall–Kier alpha value is -2.65. The van der Waals surface area contributed by atoms with Gasteiger partial charge in [0.25, 0.3) is 0 Å². The number of nitriles is 1. The molecular weight excluding hydrogens is 370 g/mol. The van der Waals surface area contributed by atoms with Crippen LogP contribution < -0.4 is 0 Å². The Bertz CT molecular complexity index is 1110. The first-order valence-electron chi connectivity index (χ1n) is 7.21. The van der Waals surface area contributed by atoms with Gasteiger partial charge < -0.3 is 0 Å². The predicted molar refractivity (Wildman–Crippen MR) is 102 cm³/mol. The monoisotopic (exact) mass is 379 g/mol. The Balaban J connectivity index is 2.09. The van der Waals surface area contributed by atoms with Crippen LogP contribution in [0.3, 0.4) is 0 Å². The smallest absolute Gasteiger partial charge is 0.223 e. The molecule has 25 heavy (non-hydrogen) atoms. The van der Waals surface area contributed by atoms with Crippen molar-refractivity contribution < 1.29 is 0 Å².